The van der Waals surface area contributed by atoms with Crippen molar-refractivity contribution in [2.24, 2.45) is 11.8 Å². The van der Waals surface area contributed by atoms with Crippen molar-refractivity contribution in [3.8, 4) is 0 Å². The largest absolute Gasteiger partial charge is 0.376 e. The second kappa shape index (κ2) is 10.3. The molecule has 1 aliphatic carbocycles. The molecule has 2 fully saturated rings. The van der Waals surface area contributed by atoms with Gasteiger partial charge in [-0.15, -0.1) is 0 Å². The number of ether oxygens (including phenoxy) is 1. The molecular weight excluding hydrogens is 378 g/mol. The predicted octanol–water partition coefficient (Wildman–Crippen LogP) is 2.72. The maximum atomic E-state index is 12.7. The Hall–Kier alpha value is -0.860. The number of nitrogens with zero attached hydrogens (tertiary/aromatic N) is 1. The first-order chi connectivity index (χ1) is 13.1. The molecule has 0 aromatic heterocycles. The van der Waals surface area contributed by atoms with Gasteiger partial charge in [0.1, 0.15) is 0 Å². The molecular formula is C20H39N3O4S. The molecule has 0 bridgehead atoms. The molecule has 1 aliphatic heterocycles. The van der Waals surface area contributed by atoms with Crippen LogP contribution in [0.5, 0.6) is 0 Å². The molecule has 0 aromatic rings. The number of carbonyl (C=O) groups excluding carboxylic acids is 1. The van der Waals surface area contributed by atoms with Crippen LogP contribution >= 0.6 is 0 Å². The van der Waals surface area contributed by atoms with Crippen molar-refractivity contribution in [1.82, 2.24) is 14.9 Å². The van der Waals surface area contributed by atoms with E-state index in [1.165, 1.54) is 19.1 Å². The van der Waals surface area contributed by atoms with E-state index in [0.717, 1.165) is 25.2 Å². The SMILES string of the molecule is CC(C)NC(=O)N1CCC[C@H](NS(C)(=O)=O)[C@@H]1COC1CCC(C(C)C)CC1. The second-order valence-electron chi connectivity index (χ2n) is 9.12. The summed E-state index contributed by atoms with van der Waals surface area (Å²) in [4.78, 5) is 14.4. The number of nitrogens with one attached hydrogen (secondary N) is 2. The first kappa shape index (κ1) is 23.4. The van der Waals surface area contributed by atoms with Gasteiger partial charge in [-0.25, -0.2) is 17.9 Å². The number of sulfonamides is 1. The molecule has 1 heterocycles. The van der Waals surface area contributed by atoms with Gasteiger partial charge >= 0.3 is 6.03 Å². The lowest BCUT2D eigenvalue weighted by Gasteiger charge is -2.42. The van der Waals surface area contributed by atoms with Crippen LogP contribution in [0.15, 0.2) is 0 Å². The van der Waals surface area contributed by atoms with Crippen LogP contribution in [-0.2, 0) is 14.8 Å². The third-order valence-corrected chi connectivity index (χ3v) is 6.71. The van der Waals surface area contributed by atoms with Crippen molar-refractivity contribution in [3.05, 3.63) is 0 Å². The monoisotopic (exact) mass is 417 g/mol. The van der Waals surface area contributed by atoms with Gasteiger partial charge in [-0.05, 0) is 64.2 Å². The Bertz CT molecular complexity index is 601. The third-order valence-electron chi connectivity index (χ3n) is 5.98. The number of hydrogen-bond acceptors (Lipinski definition) is 4. The van der Waals surface area contributed by atoms with Crippen LogP contribution in [0.25, 0.3) is 0 Å². The molecule has 0 unspecified atom stereocenters. The minimum absolute atomic E-state index is 0.0311. The maximum absolute atomic E-state index is 12.7. The van der Waals surface area contributed by atoms with Crippen molar-refractivity contribution >= 4 is 16.1 Å². The van der Waals surface area contributed by atoms with E-state index in [-0.39, 0.29) is 30.3 Å². The topological polar surface area (TPSA) is 87.7 Å². The molecule has 0 spiro atoms. The van der Waals surface area contributed by atoms with E-state index in [1.54, 1.807) is 4.90 Å². The van der Waals surface area contributed by atoms with Crippen molar-refractivity contribution in [1.29, 1.82) is 0 Å². The molecule has 1 saturated heterocycles. The summed E-state index contributed by atoms with van der Waals surface area (Å²) in [5, 5.41) is 2.94. The molecule has 0 aromatic carbocycles. The lowest BCUT2D eigenvalue weighted by molar-refractivity contribution is -0.0242. The minimum Gasteiger partial charge on any atom is -0.376 e. The summed E-state index contributed by atoms with van der Waals surface area (Å²) in [7, 11) is -3.35. The van der Waals surface area contributed by atoms with Crippen LogP contribution in [0.2, 0.25) is 0 Å². The highest BCUT2D eigenvalue weighted by atomic mass is 32.2. The molecule has 164 valence electrons. The highest BCUT2D eigenvalue weighted by Gasteiger charge is 2.37. The fraction of sp³-hybridized carbons (Fsp3) is 0.950. The lowest BCUT2D eigenvalue weighted by atomic mass is 9.80. The van der Waals surface area contributed by atoms with E-state index in [2.05, 4.69) is 23.9 Å². The average molecular weight is 418 g/mol. The highest BCUT2D eigenvalue weighted by molar-refractivity contribution is 7.88. The normalized spacial score (nSPS) is 29.3. The number of hydrogen-bond donors (Lipinski definition) is 2. The Morgan fingerprint density at radius 1 is 1.11 bits per heavy atom. The first-order valence-corrected chi connectivity index (χ1v) is 12.6. The lowest BCUT2D eigenvalue weighted by Crippen LogP contribution is -2.61. The summed E-state index contributed by atoms with van der Waals surface area (Å²) in [6.45, 7) is 9.39. The van der Waals surface area contributed by atoms with Gasteiger partial charge in [-0.3, -0.25) is 0 Å². The van der Waals surface area contributed by atoms with E-state index in [1.807, 2.05) is 13.8 Å². The molecule has 2 N–H and O–H groups in total. The first-order valence-electron chi connectivity index (χ1n) is 10.7. The zero-order valence-corrected chi connectivity index (χ0v) is 18.9. The van der Waals surface area contributed by atoms with Gasteiger partial charge in [0.2, 0.25) is 10.0 Å². The van der Waals surface area contributed by atoms with Crippen molar-refractivity contribution in [2.75, 3.05) is 19.4 Å². The maximum Gasteiger partial charge on any atom is 0.317 e. The van der Waals surface area contributed by atoms with E-state index >= 15 is 0 Å². The fourth-order valence-electron chi connectivity index (χ4n) is 4.41. The third kappa shape index (κ3) is 7.19. The van der Waals surface area contributed by atoms with E-state index < -0.39 is 10.0 Å². The van der Waals surface area contributed by atoms with Crippen LogP contribution in [0.1, 0.15) is 66.2 Å². The van der Waals surface area contributed by atoms with Gasteiger partial charge in [0.25, 0.3) is 0 Å². The van der Waals surface area contributed by atoms with Crippen LogP contribution in [0.4, 0.5) is 4.79 Å². The quantitative estimate of drug-likeness (QED) is 0.667. The predicted molar refractivity (Wildman–Crippen MR) is 112 cm³/mol. The Morgan fingerprint density at radius 3 is 2.29 bits per heavy atom. The Balaban J connectivity index is 2.02. The summed E-state index contributed by atoms with van der Waals surface area (Å²) in [5.41, 5.74) is 0. The minimum atomic E-state index is -3.35. The molecule has 1 saturated carbocycles. The van der Waals surface area contributed by atoms with Gasteiger partial charge in [-0.1, -0.05) is 13.8 Å². The summed E-state index contributed by atoms with van der Waals surface area (Å²) < 4.78 is 32.6. The number of likely N-dealkylation sites (tertiary alicyclic amines) is 1. The summed E-state index contributed by atoms with van der Waals surface area (Å²) >= 11 is 0. The van der Waals surface area contributed by atoms with Gasteiger partial charge in [0.05, 0.1) is 25.0 Å². The zero-order valence-electron chi connectivity index (χ0n) is 18.1. The average Bonchev–Trinajstić information content (AvgIpc) is 2.58. The molecule has 2 amide bonds. The summed E-state index contributed by atoms with van der Waals surface area (Å²) in [6.07, 6.45) is 7.29. The fourth-order valence-corrected chi connectivity index (χ4v) is 5.24. The summed E-state index contributed by atoms with van der Waals surface area (Å²) in [6, 6.07) is -0.713. The zero-order chi connectivity index (χ0) is 20.9. The summed E-state index contributed by atoms with van der Waals surface area (Å²) in [5.74, 6) is 1.47. The molecule has 0 radical (unpaired) electrons. The number of carbonyl (C=O) groups is 1. The number of urea groups is 1. The molecule has 28 heavy (non-hydrogen) atoms. The van der Waals surface area contributed by atoms with Crippen molar-refractivity contribution in [2.45, 2.75) is 90.4 Å². The Kier molecular flexibility index (Phi) is 8.58. The van der Waals surface area contributed by atoms with E-state index in [9.17, 15) is 13.2 Å². The van der Waals surface area contributed by atoms with E-state index in [0.29, 0.717) is 25.5 Å². The second-order valence-corrected chi connectivity index (χ2v) is 10.9. The van der Waals surface area contributed by atoms with Gasteiger partial charge in [-0.2, -0.15) is 0 Å². The van der Waals surface area contributed by atoms with Gasteiger partial charge < -0.3 is 15.0 Å². The van der Waals surface area contributed by atoms with Crippen molar-refractivity contribution < 1.29 is 17.9 Å². The van der Waals surface area contributed by atoms with E-state index in [4.69, 9.17) is 4.74 Å². The van der Waals surface area contributed by atoms with Gasteiger partial charge in [0, 0.05) is 18.6 Å². The molecule has 2 aliphatic rings. The highest BCUT2D eigenvalue weighted by Crippen LogP contribution is 2.31. The van der Waals surface area contributed by atoms with Gasteiger partial charge in [0.15, 0.2) is 0 Å². The smallest absolute Gasteiger partial charge is 0.317 e. The van der Waals surface area contributed by atoms with Crippen LogP contribution in [0.3, 0.4) is 0 Å². The van der Waals surface area contributed by atoms with Crippen molar-refractivity contribution in [3.63, 3.8) is 0 Å². The number of amides is 2. The standard InChI is InChI=1S/C20H39N3O4S/c1-14(2)16-8-10-17(11-9-16)27-13-19-18(22-28(5,25)26)7-6-12-23(19)20(24)21-15(3)4/h14-19,22H,6-13H2,1-5H3,(H,21,24)/t16?,17?,18-,19-/m0/s1. The van der Waals surface area contributed by atoms with Crippen LogP contribution < -0.4 is 10.0 Å². The Morgan fingerprint density at radius 2 is 1.75 bits per heavy atom. The van der Waals surface area contributed by atoms with Crippen LogP contribution in [-0.4, -0.2) is 63.0 Å². The molecule has 2 rings (SSSR count). The number of piperidine rings is 1. The molecule has 7 nitrogen and oxygen atoms in total. The molecule has 2 atom stereocenters. The molecule has 8 heteroatoms. The Labute approximate surface area is 171 Å². The van der Waals surface area contributed by atoms with Crippen LogP contribution in [0, 0.1) is 11.8 Å². The number of rotatable bonds is 7.